The Kier molecular flexibility index (Phi) is 3.65. The average molecular weight is 307 g/mol. The first-order chi connectivity index (χ1) is 10.4. The first-order valence-electron chi connectivity index (χ1n) is 8.40. The average Bonchev–Trinajstić information content (AvgIpc) is 3.09. The summed E-state index contributed by atoms with van der Waals surface area (Å²) in [5.41, 5.74) is -0.669. The number of carbonyl (C=O) groups is 3. The molecule has 3 aliphatic heterocycles. The van der Waals surface area contributed by atoms with Crippen LogP contribution in [0.15, 0.2) is 0 Å². The van der Waals surface area contributed by atoms with E-state index in [4.69, 9.17) is 0 Å². The summed E-state index contributed by atoms with van der Waals surface area (Å²) in [6.45, 7) is 7.22. The molecule has 2 atom stereocenters. The van der Waals surface area contributed by atoms with Crippen LogP contribution < -0.4 is 0 Å². The number of nitrogens with zero attached hydrogens (tertiary/aromatic N) is 3. The Morgan fingerprint density at radius 2 is 1.95 bits per heavy atom. The maximum atomic E-state index is 13.0. The molecule has 4 amide bonds. The number of hydrogen-bond donors (Lipinski definition) is 0. The number of hydrogen-bond acceptors (Lipinski definition) is 3. The van der Waals surface area contributed by atoms with Gasteiger partial charge in [-0.05, 0) is 39.5 Å². The molecule has 3 fully saturated rings. The van der Waals surface area contributed by atoms with Gasteiger partial charge in [0.1, 0.15) is 11.6 Å². The van der Waals surface area contributed by atoms with Crippen LogP contribution in [0, 0.1) is 0 Å². The Hall–Kier alpha value is -1.59. The predicted octanol–water partition coefficient (Wildman–Crippen LogP) is 1.59. The van der Waals surface area contributed by atoms with E-state index in [9.17, 15) is 14.4 Å². The minimum absolute atomic E-state index is 0.0791. The van der Waals surface area contributed by atoms with E-state index in [-0.39, 0.29) is 23.9 Å². The molecule has 2 unspecified atom stereocenters. The molecule has 0 spiro atoms. The quantitative estimate of drug-likeness (QED) is 0.741. The number of amides is 4. The molecule has 0 aromatic heterocycles. The molecular weight excluding hydrogens is 282 g/mol. The fraction of sp³-hybridized carbons (Fsp3) is 0.812. The number of fused-ring (bicyclic) bond motifs is 1. The molecule has 6 nitrogen and oxygen atoms in total. The van der Waals surface area contributed by atoms with Crippen molar-refractivity contribution in [2.75, 3.05) is 13.1 Å². The number of carbonyl (C=O) groups excluding carboxylic acids is 3. The van der Waals surface area contributed by atoms with E-state index in [1.54, 1.807) is 9.80 Å². The summed E-state index contributed by atoms with van der Waals surface area (Å²) >= 11 is 0. The summed E-state index contributed by atoms with van der Waals surface area (Å²) in [6, 6.07) is -0.739. The van der Waals surface area contributed by atoms with Crippen molar-refractivity contribution < 1.29 is 14.4 Å². The fourth-order valence-corrected chi connectivity index (χ4v) is 4.31. The van der Waals surface area contributed by atoms with Gasteiger partial charge in [0.15, 0.2) is 0 Å². The van der Waals surface area contributed by atoms with Crippen molar-refractivity contribution in [3.63, 3.8) is 0 Å². The molecule has 3 heterocycles. The van der Waals surface area contributed by atoms with Gasteiger partial charge in [0.05, 0.1) is 0 Å². The van der Waals surface area contributed by atoms with Crippen molar-refractivity contribution in [3.8, 4) is 0 Å². The molecule has 3 aliphatic rings. The summed E-state index contributed by atoms with van der Waals surface area (Å²) in [4.78, 5) is 43.1. The zero-order chi connectivity index (χ0) is 16.1. The lowest BCUT2D eigenvalue weighted by molar-refractivity contribution is -0.141. The first kappa shape index (κ1) is 15.3. The zero-order valence-corrected chi connectivity index (χ0v) is 13.7. The van der Waals surface area contributed by atoms with Gasteiger partial charge in [-0.1, -0.05) is 13.3 Å². The highest BCUT2D eigenvalue weighted by molar-refractivity contribution is 6.10. The summed E-state index contributed by atoms with van der Waals surface area (Å²) < 4.78 is 0. The monoisotopic (exact) mass is 307 g/mol. The second-order valence-electron chi connectivity index (χ2n) is 6.92. The second kappa shape index (κ2) is 5.25. The molecule has 6 heteroatoms. The third-order valence-corrected chi connectivity index (χ3v) is 5.35. The third-order valence-electron chi connectivity index (χ3n) is 5.35. The van der Waals surface area contributed by atoms with Gasteiger partial charge in [-0.15, -0.1) is 0 Å². The Morgan fingerprint density at radius 3 is 2.55 bits per heavy atom. The molecule has 3 rings (SSSR count). The smallest absolute Gasteiger partial charge is 0.328 e. The van der Waals surface area contributed by atoms with E-state index in [2.05, 4.69) is 0 Å². The van der Waals surface area contributed by atoms with Crippen molar-refractivity contribution in [2.45, 2.75) is 70.5 Å². The summed E-state index contributed by atoms with van der Waals surface area (Å²) in [5, 5.41) is 0. The van der Waals surface area contributed by atoms with Crippen LogP contribution in [0.25, 0.3) is 0 Å². The highest BCUT2D eigenvalue weighted by Gasteiger charge is 2.61. The highest BCUT2D eigenvalue weighted by Crippen LogP contribution is 2.42. The van der Waals surface area contributed by atoms with Gasteiger partial charge in [0.25, 0.3) is 5.91 Å². The standard InChI is InChI=1S/C16H25N3O3/c1-4-7-16-8-5-9-18(16)15(22)19(14(16)21)12-6-10-17(11(2)3)13(12)20/h11-12H,4-10H2,1-3H3. The molecule has 22 heavy (non-hydrogen) atoms. The van der Waals surface area contributed by atoms with Gasteiger partial charge in [0, 0.05) is 19.1 Å². The largest absolute Gasteiger partial charge is 0.338 e. The maximum absolute atomic E-state index is 13.0. The molecule has 0 aliphatic carbocycles. The van der Waals surface area contributed by atoms with Crippen LogP contribution in [0.5, 0.6) is 0 Å². The van der Waals surface area contributed by atoms with Crippen molar-refractivity contribution in [1.29, 1.82) is 0 Å². The fourth-order valence-electron chi connectivity index (χ4n) is 4.31. The van der Waals surface area contributed by atoms with E-state index in [1.807, 2.05) is 20.8 Å². The molecule has 0 aromatic carbocycles. The van der Waals surface area contributed by atoms with Crippen LogP contribution in [0.3, 0.4) is 0 Å². The minimum Gasteiger partial charge on any atom is -0.338 e. The lowest BCUT2D eigenvalue weighted by Crippen LogP contribution is -2.49. The SMILES string of the molecule is CCCC12CCCN1C(=O)N(C1CCN(C(C)C)C1=O)C2=O. The van der Waals surface area contributed by atoms with Gasteiger partial charge < -0.3 is 9.80 Å². The zero-order valence-electron chi connectivity index (χ0n) is 13.7. The van der Waals surface area contributed by atoms with Gasteiger partial charge in [-0.25, -0.2) is 9.69 Å². The second-order valence-corrected chi connectivity index (χ2v) is 6.92. The minimum atomic E-state index is -0.669. The normalized spacial score (nSPS) is 31.9. The van der Waals surface area contributed by atoms with Crippen molar-refractivity contribution in [1.82, 2.24) is 14.7 Å². The van der Waals surface area contributed by atoms with Crippen LogP contribution >= 0.6 is 0 Å². The Labute approximate surface area is 131 Å². The maximum Gasteiger partial charge on any atom is 0.328 e. The Morgan fingerprint density at radius 1 is 1.23 bits per heavy atom. The summed E-state index contributed by atoms with van der Waals surface area (Å²) in [7, 11) is 0. The number of imide groups is 1. The third kappa shape index (κ3) is 1.88. The van der Waals surface area contributed by atoms with Gasteiger partial charge in [-0.2, -0.15) is 0 Å². The van der Waals surface area contributed by atoms with E-state index < -0.39 is 11.6 Å². The highest BCUT2D eigenvalue weighted by atomic mass is 16.2. The van der Waals surface area contributed by atoms with Crippen LogP contribution in [-0.2, 0) is 9.59 Å². The van der Waals surface area contributed by atoms with E-state index in [0.29, 0.717) is 25.9 Å². The Bertz CT molecular complexity index is 519. The van der Waals surface area contributed by atoms with Crippen molar-refractivity contribution in [2.24, 2.45) is 0 Å². The lowest BCUT2D eigenvalue weighted by Gasteiger charge is -2.27. The van der Waals surface area contributed by atoms with Gasteiger partial charge >= 0.3 is 6.03 Å². The summed E-state index contributed by atoms with van der Waals surface area (Å²) in [6.07, 6.45) is 3.73. The molecule has 0 saturated carbocycles. The van der Waals surface area contributed by atoms with Crippen molar-refractivity contribution in [3.05, 3.63) is 0 Å². The van der Waals surface area contributed by atoms with E-state index in [1.165, 1.54) is 4.90 Å². The first-order valence-corrected chi connectivity index (χ1v) is 8.40. The molecule has 0 radical (unpaired) electrons. The van der Waals surface area contributed by atoms with Gasteiger partial charge in [0.2, 0.25) is 5.91 Å². The van der Waals surface area contributed by atoms with Crippen molar-refractivity contribution >= 4 is 17.8 Å². The Balaban J connectivity index is 1.89. The van der Waals surface area contributed by atoms with Crippen LogP contribution in [0.2, 0.25) is 0 Å². The number of likely N-dealkylation sites (tertiary alicyclic amines) is 1. The number of rotatable bonds is 4. The molecular formula is C16H25N3O3. The molecule has 0 aromatic rings. The van der Waals surface area contributed by atoms with Gasteiger partial charge in [-0.3, -0.25) is 9.59 Å². The molecule has 3 saturated heterocycles. The van der Waals surface area contributed by atoms with Crippen LogP contribution in [0.4, 0.5) is 4.79 Å². The predicted molar refractivity (Wildman–Crippen MR) is 81.1 cm³/mol. The van der Waals surface area contributed by atoms with E-state index >= 15 is 0 Å². The lowest BCUT2D eigenvalue weighted by atomic mass is 9.90. The van der Waals surface area contributed by atoms with Crippen LogP contribution in [0.1, 0.15) is 52.9 Å². The number of urea groups is 1. The molecule has 0 N–H and O–H groups in total. The summed E-state index contributed by atoms with van der Waals surface area (Å²) in [5.74, 6) is -0.217. The molecule has 0 bridgehead atoms. The topological polar surface area (TPSA) is 60.9 Å². The molecule has 122 valence electrons. The van der Waals surface area contributed by atoms with Crippen LogP contribution in [-0.4, -0.2) is 63.3 Å². The van der Waals surface area contributed by atoms with E-state index in [0.717, 1.165) is 19.3 Å².